The molecule has 1 N–H and O–H groups in total. The summed E-state index contributed by atoms with van der Waals surface area (Å²) in [7, 11) is -1.61. The second-order valence-corrected chi connectivity index (χ2v) is 14.8. The summed E-state index contributed by atoms with van der Waals surface area (Å²) in [5.74, 6) is 0.142. The van der Waals surface area contributed by atoms with Crippen LogP contribution in [0.15, 0.2) is 73.3 Å². The van der Waals surface area contributed by atoms with Crippen molar-refractivity contribution in [1.29, 1.82) is 0 Å². The van der Waals surface area contributed by atoms with Gasteiger partial charge in [0.15, 0.2) is 0 Å². The van der Waals surface area contributed by atoms with E-state index in [1.165, 1.54) is 11.1 Å². The standard InChI is InChI=1S/C23H32OSSi/c1-7-23(2,3)22(26(4,5)6)21(25-24)20(18-14-10-8-11-15-18)19-16-12-9-13-17-19/h7-17,20-22,24H,1H2,2-6H3. The molecular weight excluding hydrogens is 352 g/mol. The number of hydrogen-bond donors (Lipinski definition) is 1. The fourth-order valence-electron chi connectivity index (χ4n) is 4.37. The molecular formula is C23H32OSSi. The van der Waals surface area contributed by atoms with Crippen LogP contribution in [0.1, 0.15) is 30.9 Å². The predicted molar refractivity (Wildman–Crippen MR) is 120 cm³/mol. The zero-order valence-electron chi connectivity index (χ0n) is 16.6. The molecule has 0 aliphatic rings. The highest BCUT2D eigenvalue weighted by molar-refractivity contribution is 7.94. The van der Waals surface area contributed by atoms with Gasteiger partial charge in [-0.2, -0.15) is 0 Å². The highest BCUT2D eigenvalue weighted by Crippen LogP contribution is 2.52. The first-order valence-electron chi connectivity index (χ1n) is 9.26. The lowest BCUT2D eigenvalue weighted by Crippen LogP contribution is -2.45. The van der Waals surface area contributed by atoms with Crippen LogP contribution in [0.3, 0.4) is 0 Å². The molecule has 2 atom stereocenters. The second-order valence-electron chi connectivity index (χ2n) is 8.74. The lowest BCUT2D eigenvalue weighted by atomic mass is 9.79. The summed E-state index contributed by atoms with van der Waals surface area (Å²) in [4.78, 5) is 0. The summed E-state index contributed by atoms with van der Waals surface area (Å²) >= 11 is 1.03. The Hall–Kier alpha value is -1.29. The molecule has 0 bridgehead atoms. The third kappa shape index (κ3) is 4.70. The monoisotopic (exact) mass is 384 g/mol. The van der Waals surface area contributed by atoms with Crippen LogP contribution in [0, 0.1) is 5.41 Å². The Kier molecular flexibility index (Phi) is 6.95. The Morgan fingerprint density at radius 1 is 0.923 bits per heavy atom. The first-order valence-corrected chi connectivity index (χ1v) is 13.7. The van der Waals surface area contributed by atoms with Gasteiger partial charge in [-0.1, -0.05) is 100 Å². The van der Waals surface area contributed by atoms with Crippen LogP contribution in [-0.4, -0.2) is 17.9 Å². The third-order valence-corrected chi connectivity index (χ3v) is 9.36. The van der Waals surface area contributed by atoms with Crippen LogP contribution in [0.4, 0.5) is 0 Å². The number of rotatable bonds is 8. The van der Waals surface area contributed by atoms with Gasteiger partial charge in [0.25, 0.3) is 0 Å². The number of hydrogen-bond acceptors (Lipinski definition) is 2. The van der Waals surface area contributed by atoms with Crippen molar-refractivity contribution in [3.8, 4) is 0 Å². The lowest BCUT2D eigenvalue weighted by Gasteiger charge is -2.46. The molecule has 0 aromatic heterocycles. The van der Waals surface area contributed by atoms with Crippen LogP contribution < -0.4 is 0 Å². The summed E-state index contributed by atoms with van der Waals surface area (Å²) in [6, 6.07) is 21.2. The van der Waals surface area contributed by atoms with Crippen molar-refractivity contribution in [2.24, 2.45) is 5.41 Å². The van der Waals surface area contributed by atoms with E-state index in [9.17, 15) is 4.55 Å². The maximum Gasteiger partial charge on any atom is 0.0497 e. The molecule has 1 nitrogen and oxygen atoms in total. The first-order chi connectivity index (χ1) is 12.2. The molecule has 2 aromatic rings. The molecule has 0 fully saturated rings. The van der Waals surface area contributed by atoms with Gasteiger partial charge >= 0.3 is 0 Å². The largest absolute Gasteiger partial charge is 0.330 e. The minimum atomic E-state index is -1.61. The van der Waals surface area contributed by atoms with Crippen LogP contribution >= 0.6 is 12.0 Å². The highest BCUT2D eigenvalue weighted by Gasteiger charge is 2.46. The molecule has 0 heterocycles. The molecule has 2 unspecified atom stereocenters. The quantitative estimate of drug-likeness (QED) is 0.292. The Bertz CT molecular complexity index is 652. The van der Waals surface area contributed by atoms with E-state index >= 15 is 0 Å². The van der Waals surface area contributed by atoms with E-state index in [-0.39, 0.29) is 16.6 Å². The third-order valence-electron chi connectivity index (χ3n) is 5.36. The molecule has 0 saturated heterocycles. The van der Waals surface area contributed by atoms with Gasteiger partial charge in [-0.15, -0.1) is 6.58 Å². The van der Waals surface area contributed by atoms with E-state index in [4.69, 9.17) is 0 Å². The smallest absolute Gasteiger partial charge is 0.0497 e. The van der Waals surface area contributed by atoms with E-state index in [2.05, 4.69) is 107 Å². The molecule has 0 aliphatic carbocycles. The fourth-order valence-corrected chi connectivity index (χ4v) is 10.2. The molecule has 0 spiro atoms. The van der Waals surface area contributed by atoms with Crippen LogP contribution in [-0.2, 0) is 0 Å². The van der Waals surface area contributed by atoms with E-state index in [1.54, 1.807) is 0 Å². The summed E-state index contributed by atoms with van der Waals surface area (Å²) < 4.78 is 10.5. The van der Waals surface area contributed by atoms with E-state index in [1.807, 2.05) is 0 Å². The summed E-state index contributed by atoms with van der Waals surface area (Å²) in [6.45, 7) is 15.9. The Balaban J connectivity index is 2.65. The molecule has 26 heavy (non-hydrogen) atoms. The van der Waals surface area contributed by atoms with Crippen molar-refractivity contribution in [3.63, 3.8) is 0 Å². The summed E-state index contributed by atoms with van der Waals surface area (Å²) in [6.07, 6.45) is 2.08. The highest BCUT2D eigenvalue weighted by atomic mass is 32.2. The Labute approximate surface area is 164 Å². The summed E-state index contributed by atoms with van der Waals surface area (Å²) in [5.41, 5.74) is 2.83. The zero-order chi connectivity index (χ0) is 19.4. The maximum absolute atomic E-state index is 10.5. The van der Waals surface area contributed by atoms with E-state index in [0.717, 1.165) is 12.0 Å². The molecule has 3 heteroatoms. The number of allylic oxidation sites excluding steroid dienone is 1. The molecule has 0 amide bonds. The minimum Gasteiger partial charge on any atom is -0.330 e. The van der Waals surface area contributed by atoms with Crippen LogP contribution in [0.5, 0.6) is 0 Å². The molecule has 0 saturated carbocycles. The SMILES string of the molecule is C=CC(C)(C)C(C(SO)C(c1ccccc1)c1ccccc1)[Si](C)(C)C. The van der Waals surface area contributed by atoms with Gasteiger partial charge in [0.05, 0.1) is 0 Å². The van der Waals surface area contributed by atoms with Crippen molar-refractivity contribution >= 4 is 20.1 Å². The minimum absolute atomic E-state index is 0.0489. The zero-order valence-corrected chi connectivity index (χ0v) is 18.5. The van der Waals surface area contributed by atoms with Gasteiger partial charge in [-0.05, 0) is 34.1 Å². The van der Waals surface area contributed by atoms with Crippen molar-refractivity contribution < 1.29 is 4.55 Å². The molecule has 140 valence electrons. The van der Waals surface area contributed by atoms with E-state index in [0.29, 0.717) is 5.54 Å². The topological polar surface area (TPSA) is 20.2 Å². The Morgan fingerprint density at radius 2 is 1.35 bits per heavy atom. The average molecular weight is 385 g/mol. The van der Waals surface area contributed by atoms with Crippen LogP contribution in [0.25, 0.3) is 0 Å². The van der Waals surface area contributed by atoms with Gasteiger partial charge < -0.3 is 4.55 Å². The normalized spacial score (nSPS) is 14.9. The fraction of sp³-hybridized carbons (Fsp3) is 0.391. The molecule has 0 radical (unpaired) electrons. The summed E-state index contributed by atoms with van der Waals surface area (Å²) in [5, 5.41) is 0.0690. The lowest BCUT2D eigenvalue weighted by molar-refractivity contribution is 0.400. The maximum atomic E-state index is 10.5. The van der Waals surface area contributed by atoms with Crippen molar-refractivity contribution in [1.82, 2.24) is 0 Å². The first kappa shape index (κ1) is 21.0. The van der Waals surface area contributed by atoms with Gasteiger partial charge in [0.1, 0.15) is 0 Å². The molecule has 0 aliphatic heterocycles. The van der Waals surface area contributed by atoms with Gasteiger partial charge in [0.2, 0.25) is 0 Å². The predicted octanol–water partition coefficient (Wildman–Crippen LogP) is 7.31. The van der Waals surface area contributed by atoms with Crippen LogP contribution in [0.2, 0.25) is 25.2 Å². The second kappa shape index (κ2) is 8.60. The van der Waals surface area contributed by atoms with Gasteiger partial charge in [-0.25, -0.2) is 0 Å². The Morgan fingerprint density at radius 3 is 1.65 bits per heavy atom. The van der Waals surface area contributed by atoms with Crippen molar-refractivity contribution in [2.45, 2.75) is 50.2 Å². The number of benzene rings is 2. The average Bonchev–Trinajstić information content (AvgIpc) is 2.61. The van der Waals surface area contributed by atoms with Gasteiger partial charge in [-0.3, -0.25) is 0 Å². The molecule has 2 aromatic carbocycles. The van der Waals surface area contributed by atoms with E-state index < -0.39 is 8.07 Å². The van der Waals surface area contributed by atoms with Crippen molar-refractivity contribution in [2.75, 3.05) is 0 Å². The van der Waals surface area contributed by atoms with Gasteiger partial charge in [0, 0.05) is 19.2 Å². The molecule has 2 rings (SSSR count). The van der Waals surface area contributed by atoms with Crippen molar-refractivity contribution in [3.05, 3.63) is 84.4 Å².